The molecule has 0 fully saturated rings. The third-order valence-electron chi connectivity index (χ3n) is 3.31. The summed E-state index contributed by atoms with van der Waals surface area (Å²) < 4.78 is 5.92. The van der Waals surface area contributed by atoms with E-state index in [2.05, 4.69) is 0 Å². The number of carboxylic acid groups (broad SMARTS) is 1. The molecule has 3 heteroatoms. The minimum absolute atomic E-state index is 0.199. The topological polar surface area (TPSA) is 46.5 Å². The maximum Gasteiger partial charge on any atom is 0.336 e. The summed E-state index contributed by atoms with van der Waals surface area (Å²) in [6, 6.07) is 7.25. The highest BCUT2D eigenvalue weighted by Crippen LogP contribution is 2.38. The quantitative estimate of drug-likeness (QED) is 0.852. The molecular weight excluding hydrogens is 216 g/mol. The molecule has 2 rings (SSSR count). The SMILES string of the molecule is CC(C)C1(C)C=C(C(=O)O)c2ccccc2O1. The summed E-state index contributed by atoms with van der Waals surface area (Å²) in [6.07, 6.45) is 1.71. The van der Waals surface area contributed by atoms with Gasteiger partial charge in [0, 0.05) is 5.56 Å². The molecule has 0 spiro atoms. The van der Waals surface area contributed by atoms with Gasteiger partial charge in [0.2, 0.25) is 0 Å². The zero-order valence-electron chi connectivity index (χ0n) is 10.2. The van der Waals surface area contributed by atoms with Crippen molar-refractivity contribution in [3.05, 3.63) is 35.9 Å². The number of fused-ring (bicyclic) bond motifs is 1. The van der Waals surface area contributed by atoms with Crippen LogP contribution in [0.5, 0.6) is 5.75 Å². The Labute approximate surface area is 101 Å². The Hall–Kier alpha value is -1.77. The fraction of sp³-hybridized carbons (Fsp3) is 0.357. The van der Waals surface area contributed by atoms with E-state index in [1.165, 1.54) is 0 Å². The van der Waals surface area contributed by atoms with Crippen LogP contribution in [0.15, 0.2) is 30.3 Å². The molecule has 0 saturated carbocycles. The molecule has 1 aromatic carbocycles. The average Bonchev–Trinajstić information content (AvgIpc) is 2.27. The van der Waals surface area contributed by atoms with Gasteiger partial charge in [-0.1, -0.05) is 32.0 Å². The van der Waals surface area contributed by atoms with Crippen molar-refractivity contribution in [1.82, 2.24) is 0 Å². The predicted octanol–water partition coefficient (Wildman–Crippen LogP) is 2.96. The second-order valence-electron chi connectivity index (χ2n) is 4.80. The van der Waals surface area contributed by atoms with Crippen LogP contribution in [0.25, 0.3) is 5.57 Å². The third-order valence-corrected chi connectivity index (χ3v) is 3.31. The molecule has 1 unspecified atom stereocenters. The van der Waals surface area contributed by atoms with Crippen LogP contribution < -0.4 is 4.74 Å². The molecule has 1 aliphatic heterocycles. The number of benzene rings is 1. The summed E-state index contributed by atoms with van der Waals surface area (Å²) in [5, 5.41) is 9.28. The van der Waals surface area contributed by atoms with Crippen LogP contribution >= 0.6 is 0 Å². The molecule has 1 aliphatic rings. The van der Waals surface area contributed by atoms with E-state index in [1.54, 1.807) is 12.1 Å². The fourth-order valence-corrected chi connectivity index (χ4v) is 1.87. The highest BCUT2D eigenvalue weighted by atomic mass is 16.5. The van der Waals surface area contributed by atoms with Crippen LogP contribution in [0.4, 0.5) is 0 Å². The smallest absolute Gasteiger partial charge is 0.336 e. The lowest BCUT2D eigenvalue weighted by Gasteiger charge is -2.36. The second kappa shape index (κ2) is 3.91. The minimum Gasteiger partial charge on any atom is -0.483 e. The van der Waals surface area contributed by atoms with E-state index in [4.69, 9.17) is 4.74 Å². The third kappa shape index (κ3) is 1.93. The molecule has 0 bridgehead atoms. The van der Waals surface area contributed by atoms with Crippen molar-refractivity contribution in [2.24, 2.45) is 5.92 Å². The van der Waals surface area contributed by atoms with Crippen molar-refractivity contribution in [3.63, 3.8) is 0 Å². The van der Waals surface area contributed by atoms with Gasteiger partial charge in [-0.15, -0.1) is 0 Å². The van der Waals surface area contributed by atoms with Gasteiger partial charge in [-0.05, 0) is 25.0 Å². The van der Waals surface area contributed by atoms with E-state index in [-0.39, 0.29) is 5.92 Å². The lowest BCUT2D eigenvalue weighted by molar-refractivity contribution is -0.130. The number of para-hydroxylation sites is 1. The highest BCUT2D eigenvalue weighted by molar-refractivity contribution is 6.16. The summed E-state index contributed by atoms with van der Waals surface area (Å²) in [5.74, 6) is -0.0681. The van der Waals surface area contributed by atoms with Crippen molar-refractivity contribution in [3.8, 4) is 5.75 Å². The minimum atomic E-state index is -0.910. The first-order valence-electron chi connectivity index (χ1n) is 5.68. The van der Waals surface area contributed by atoms with Gasteiger partial charge in [-0.25, -0.2) is 4.79 Å². The molecular formula is C14H16O3. The summed E-state index contributed by atoms with van der Waals surface area (Å²) in [7, 11) is 0. The van der Waals surface area contributed by atoms with Gasteiger partial charge in [-0.2, -0.15) is 0 Å². The van der Waals surface area contributed by atoms with E-state index in [0.717, 1.165) is 0 Å². The number of hydrogen-bond acceptors (Lipinski definition) is 2. The van der Waals surface area contributed by atoms with E-state index >= 15 is 0 Å². The Bertz CT molecular complexity index is 488. The summed E-state index contributed by atoms with van der Waals surface area (Å²) >= 11 is 0. The Morgan fingerprint density at radius 2 is 2.00 bits per heavy atom. The summed E-state index contributed by atoms with van der Waals surface area (Å²) in [4.78, 5) is 11.3. The van der Waals surface area contributed by atoms with Crippen LogP contribution in [-0.4, -0.2) is 16.7 Å². The molecule has 0 aromatic heterocycles. The van der Waals surface area contributed by atoms with Crippen molar-refractivity contribution in [1.29, 1.82) is 0 Å². The van der Waals surface area contributed by atoms with E-state index < -0.39 is 11.6 Å². The standard InChI is InChI=1S/C14H16O3/c1-9(2)14(3)8-11(13(15)16)10-6-4-5-7-12(10)17-14/h4-9H,1-3H3,(H,15,16). The molecule has 0 saturated heterocycles. The average molecular weight is 232 g/mol. The normalized spacial score (nSPS) is 22.7. The van der Waals surface area contributed by atoms with Crippen LogP contribution in [0.2, 0.25) is 0 Å². The first-order chi connectivity index (χ1) is 7.94. The number of ether oxygens (including phenoxy) is 1. The number of carboxylic acids is 1. The number of rotatable bonds is 2. The maximum absolute atomic E-state index is 11.3. The molecule has 1 aromatic rings. The first kappa shape index (κ1) is 11.7. The largest absolute Gasteiger partial charge is 0.483 e. The van der Waals surface area contributed by atoms with Gasteiger partial charge in [0.1, 0.15) is 11.4 Å². The van der Waals surface area contributed by atoms with Crippen LogP contribution in [0.3, 0.4) is 0 Å². The van der Waals surface area contributed by atoms with Gasteiger partial charge in [-0.3, -0.25) is 0 Å². The Morgan fingerprint density at radius 3 is 2.59 bits per heavy atom. The van der Waals surface area contributed by atoms with Gasteiger partial charge in [0.25, 0.3) is 0 Å². The first-order valence-corrected chi connectivity index (χ1v) is 5.68. The summed E-state index contributed by atoms with van der Waals surface area (Å²) in [5.41, 5.74) is 0.406. The number of carbonyl (C=O) groups is 1. The Morgan fingerprint density at radius 1 is 1.35 bits per heavy atom. The lowest BCUT2D eigenvalue weighted by atomic mass is 9.86. The van der Waals surface area contributed by atoms with Crippen molar-refractivity contribution in [2.75, 3.05) is 0 Å². The van der Waals surface area contributed by atoms with E-state index in [0.29, 0.717) is 16.9 Å². The molecule has 0 aliphatic carbocycles. The van der Waals surface area contributed by atoms with Gasteiger partial charge in [0.05, 0.1) is 5.57 Å². The fourth-order valence-electron chi connectivity index (χ4n) is 1.87. The lowest BCUT2D eigenvalue weighted by Crippen LogP contribution is -2.39. The molecule has 1 atom stereocenters. The van der Waals surface area contributed by atoms with Crippen molar-refractivity contribution >= 4 is 11.5 Å². The second-order valence-corrected chi connectivity index (χ2v) is 4.80. The highest BCUT2D eigenvalue weighted by Gasteiger charge is 2.35. The van der Waals surface area contributed by atoms with Crippen LogP contribution in [0, 0.1) is 5.92 Å². The van der Waals surface area contributed by atoms with Gasteiger partial charge in [0.15, 0.2) is 0 Å². The van der Waals surface area contributed by atoms with Crippen molar-refractivity contribution < 1.29 is 14.6 Å². The van der Waals surface area contributed by atoms with Crippen LogP contribution in [0.1, 0.15) is 26.3 Å². The zero-order valence-corrected chi connectivity index (χ0v) is 10.2. The Kier molecular flexibility index (Phi) is 2.69. The predicted molar refractivity (Wildman–Crippen MR) is 65.9 cm³/mol. The molecule has 3 nitrogen and oxygen atoms in total. The van der Waals surface area contributed by atoms with E-state index in [1.807, 2.05) is 39.0 Å². The number of aliphatic carboxylic acids is 1. The number of hydrogen-bond donors (Lipinski definition) is 1. The molecule has 0 amide bonds. The van der Waals surface area contributed by atoms with E-state index in [9.17, 15) is 9.90 Å². The van der Waals surface area contributed by atoms with Crippen LogP contribution in [-0.2, 0) is 4.79 Å². The van der Waals surface area contributed by atoms with Gasteiger partial charge >= 0.3 is 5.97 Å². The summed E-state index contributed by atoms with van der Waals surface area (Å²) in [6.45, 7) is 5.95. The monoisotopic (exact) mass is 232 g/mol. The maximum atomic E-state index is 11.3. The molecule has 17 heavy (non-hydrogen) atoms. The molecule has 90 valence electrons. The van der Waals surface area contributed by atoms with Gasteiger partial charge < -0.3 is 9.84 Å². The zero-order chi connectivity index (χ0) is 12.6. The molecule has 1 heterocycles. The molecule has 0 radical (unpaired) electrons. The molecule has 1 N–H and O–H groups in total. The Balaban J connectivity index is 2.59. The van der Waals surface area contributed by atoms with Crippen molar-refractivity contribution in [2.45, 2.75) is 26.4 Å².